The molecule has 0 radical (unpaired) electrons. The maximum absolute atomic E-state index is 11.8. The van der Waals surface area contributed by atoms with Crippen molar-refractivity contribution in [1.29, 1.82) is 0 Å². The average Bonchev–Trinajstić information content (AvgIpc) is 2.23. The van der Waals surface area contributed by atoms with Gasteiger partial charge in [-0.25, -0.2) is 8.42 Å². The molecular formula is C10H21NO4S. The number of methoxy groups -OCH3 is 1. The first kappa shape index (κ1) is 15.4. The molecule has 2 unspecified atom stereocenters. The van der Waals surface area contributed by atoms with Gasteiger partial charge in [-0.15, -0.1) is 0 Å². The van der Waals surface area contributed by atoms with E-state index in [2.05, 4.69) is 10.1 Å². The number of rotatable bonds is 7. The number of nitrogens with one attached hydrogen (secondary N) is 1. The fraction of sp³-hybridized carbons (Fsp3) is 0.900. The first-order valence-electron chi connectivity index (χ1n) is 5.37. The van der Waals surface area contributed by atoms with Crippen LogP contribution >= 0.6 is 0 Å². The zero-order chi connectivity index (χ0) is 12.8. The van der Waals surface area contributed by atoms with E-state index in [-0.39, 0.29) is 6.04 Å². The standard InChI is InChI=1S/C10H21NO4S/c1-5-6-11-8(2)9(3)16(13,14)7-10(12)15-4/h8-9,11H,5-7H2,1-4H3. The molecule has 0 rings (SSSR count). The van der Waals surface area contributed by atoms with Crippen molar-refractivity contribution in [2.45, 2.75) is 38.5 Å². The summed E-state index contributed by atoms with van der Waals surface area (Å²) in [4.78, 5) is 10.9. The van der Waals surface area contributed by atoms with Gasteiger partial charge in [-0.1, -0.05) is 6.92 Å². The topological polar surface area (TPSA) is 72.5 Å². The molecule has 5 nitrogen and oxygen atoms in total. The van der Waals surface area contributed by atoms with E-state index < -0.39 is 26.8 Å². The molecule has 2 atom stereocenters. The van der Waals surface area contributed by atoms with Crippen LogP contribution in [0.2, 0.25) is 0 Å². The maximum Gasteiger partial charge on any atom is 0.320 e. The molecule has 1 N–H and O–H groups in total. The zero-order valence-corrected chi connectivity index (χ0v) is 11.1. The molecule has 0 spiro atoms. The Morgan fingerprint density at radius 1 is 1.38 bits per heavy atom. The Labute approximate surface area is 97.5 Å². The Morgan fingerprint density at radius 3 is 2.38 bits per heavy atom. The van der Waals surface area contributed by atoms with E-state index in [4.69, 9.17) is 0 Å². The third-order valence-corrected chi connectivity index (χ3v) is 4.71. The van der Waals surface area contributed by atoms with Gasteiger partial charge in [-0.05, 0) is 26.8 Å². The molecule has 16 heavy (non-hydrogen) atoms. The quantitative estimate of drug-likeness (QED) is 0.661. The largest absolute Gasteiger partial charge is 0.468 e. The molecule has 96 valence electrons. The Kier molecular flexibility index (Phi) is 6.59. The molecule has 0 aliphatic rings. The normalized spacial score (nSPS) is 15.5. The van der Waals surface area contributed by atoms with Gasteiger partial charge in [0.05, 0.1) is 12.4 Å². The monoisotopic (exact) mass is 251 g/mol. The number of ether oxygens (including phenoxy) is 1. The molecule has 0 aromatic rings. The van der Waals surface area contributed by atoms with E-state index >= 15 is 0 Å². The summed E-state index contributed by atoms with van der Waals surface area (Å²) in [6, 6.07) is -0.172. The average molecular weight is 251 g/mol. The van der Waals surface area contributed by atoms with Gasteiger partial charge in [-0.3, -0.25) is 4.79 Å². The first-order chi connectivity index (χ1) is 7.35. The summed E-state index contributed by atoms with van der Waals surface area (Å²) < 4.78 is 27.9. The molecule has 0 saturated heterocycles. The van der Waals surface area contributed by atoms with Crippen LogP contribution in [0.5, 0.6) is 0 Å². The van der Waals surface area contributed by atoms with Crippen LogP contribution in [0.1, 0.15) is 27.2 Å². The first-order valence-corrected chi connectivity index (χ1v) is 7.08. The summed E-state index contributed by atoms with van der Waals surface area (Å²) >= 11 is 0. The van der Waals surface area contributed by atoms with Gasteiger partial charge < -0.3 is 10.1 Å². The van der Waals surface area contributed by atoms with Crippen LogP contribution in [-0.2, 0) is 19.4 Å². The number of sulfone groups is 1. The lowest BCUT2D eigenvalue weighted by Gasteiger charge is -2.20. The van der Waals surface area contributed by atoms with Crippen molar-refractivity contribution in [3.8, 4) is 0 Å². The Balaban J connectivity index is 4.44. The number of carbonyl (C=O) groups is 1. The summed E-state index contributed by atoms with van der Waals surface area (Å²) in [6.45, 7) is 6.17. The lowest BCUT2D eigenvalue weighted by Crippen LogP contribution is -2.42. The van der Waals surface area contributed by atoms with Gasteiger partial charge >= 0.3 is 5.97 Å². The molecule has 0 aliphatic carbocycles. The van der Waals surface area contributed by atoms with E-state index in [1.165, 1.54) is 7.11 Å². The van der Waals surface area contributed by atoms with Crippen LogP contribution in [0.25, 0.3) is 0 Å². The molecule has 6 heteroatoms. The van der Waals surface area contributed by atoms with E-state index in [0.29, 0.717) is 0 Å². The second kappa shape index (κ2) is 6.85. The highest BCUT2D eigenvalue weighted by Gasteiger charge is 2.28. The Bertz CT molecular complexity index is 313. The maximum atomic E-state index is 11.8. The number of hydrogen-bond donors (Lipinski definition) is 1. The van der Waals surface area contributed by atoms with Crippen molar-refractivity contribution < 1.29 is 17.9 Å². The van der Waals surface area contributed by atoms with Crippen LogP contribution in [0.15, 0.2) is 0 Å². The minimum Gasteiger partial charge on any atom is -0.468 e. The summed E-state index contributed by atoms with van der Waals surface area (Å²) in [5, 5.41) is 2.50. The fourth-order valence-corrected chi connectivity index (χ4v) is 2.63. The van der Waals surface area contributed by atoms with Gasteiger partial charge in [0.1, 0.15) is 5.75 Å². The van der Waals surface area contributed by atoms with Crippen molar-refractivity contribution in [2.24, 2.45) is 0 Å². The highest BCUT2D eigenvalue weighted by molar-refractivity contribution is 7.92. The van der Waals surface area contributed by atoms with Gasteiger partial charge in [0.25, 0.3) is 0 Å². The van der Waals surface area contributed by atoms with Crippen molar-refractivity contribution in [2.75, 3.05) is 19.4 Å². The molecule has 0 amide bonds. The second-order valence-corrected chi connectivity index (χ2v) is 6.19. The van der Waals surface area contributed by atoms with Crippen LogP contribution in [0.4, 0.5) is 0 Å². The van der Waals surface area contributed by atoms with E-state index in [9.17, 15) is 13.2 Å². The third-order valence-electron chi connectivity index (χ3n) is 2.53. The molecule has 0 heterocycles. The van der Waals surface area contributed by atoms with Gasteiger partial charge in [-0.2, -0.15) is 0 Å². The van der Waals surface area contributed by atoms with Crippen molar-refractivity contribution in [3.63, 3.8) is 0 Å². The van der Waals surface area contributed by atoms with Crippen molar-refractivity contribution in [1.82, 2.24) is 5.32 Å². The molecule has 0 saturated carbocycles. The van der Waals surface area contributed by atoms with Gasteiger partial charge in [0, 0.05) is 6.04 Å². The highest BCUT2D eigenvalue weighted by atomic mass is 32.2. The van der Waals surface area contributed by atoms with Crippen LogP contribution in [0.3, 0.4) is 0 Å². The zero-order valence-electron chi connectivity index (χ0n) is 10.3. The van der Waals surface area contributed by atoms with E-state index in [1.807, 2.05) is 6.92 Å². The molecule has 0 aliphatic heterocycles. The Hall–Kier alpha value is -0.620. The molecule has 0 fully saturated rings. The summed E-state index contributed by atoms with van der Waals surface area (Å²) in [5.74, 6) is -1.27. The summed E-state index contributed by atoms with van der Waals surface area (Å²) in [6.07, 6.45) is 0.939. The smallest absolute Gasteiger partial charge is 0.320 e. The summed E-state index contributed by atoms with van der Waals surface area (Å²) in [5.41, 5.74) is 0. The SMILES string of the molecule is CCCNC(C)C(C)S(=O)(=O)CC(=O)OC. The number of carbonyl (C=O) groups excluding carboxylic acids is 1. The predicted octanol–water partition coefficient (Wildman–Crippen LogP) is 0.351. The second-order valence-electron chi connectivity index (χ2n) is 3.83. The van der Waals surface area contributed by atoms with E-state index in [0.717, 1.165) is 13.0 Å². The molecule has 0 aromatic heterocycles. The minimum absolute atomic E-state index is 0.172. The molecule has 0 bridgehead atoms. The van der Waals surface area contributed by atoms with Crippen molar-refractivity contribution >= 4 is 15.8 Å². The van der Waals surface area contributed by atoms with Crippen LogP contribution in [0, 0.1) is 0 Å². The number of hydrogen-bond acceptors (Lipinski definition) is 5. The number of esters is 1. The third kappa shape index (κ3) is 4.94. The molecular weight excluding hydrogens is 230 g/mol. The lowest BCUT2D eigenvalue weighted by molar-refractivity contribution is -0.137. The fourth-order valence-electron chi connectivity index (χ4n) is 1.20. The van der Waals surface area contributed by atoms with Crippen LogP contribution < -0.4 is 5.32 Å². The minimum atomic E-state index is -3.44. The van der Waals surface area contributed by atoms with Crippen LogP contribution in [-0.4, -0.2) is 45.1 Å². The highest BCUT2D eigenvalue weighted by Crippen LogP contribution is 2.07. The predicted molar refractivity (Wildman–Crippen MR) is 63.0 cm³/mol. The van der Waals surface area contributed by atoms with Crippen molar-refractivity contribution in [3.05, 3.63) is 0 Å². The Morgan fingerprint density at radius 2 is 1.94 bits per heavy atom. The molecule has 0 aromatic carbocycles. The summed E-state index contributed by atoms with van der Waals surface area (Å²) in [7, 11) is -2.26. The van der Waals surface area contributed by atoms with E-state index in [1.54, 1.807) is 13.8 Å². The lowest BCUT2D eigenvalue weighted by atomic mass is 10.2. The van der Waals surface area contributed by atoms with Gasteiger partial charge in [0.2, 0.25) is 0 Å². The van der Waals surface area contributed by atoms with Gasteiger partial charge in [0.15, 0.2) is 9.84 Å².